The molecular weight excluding hydrogens is 385 g/mol. The number of alkyl halides is 2. The van der Waals surface area contributed by atoms with Crippen molar-refractivity contribution < 1.29 is 9.59 Å². The zero-order valence-electron chi connectivity index (χ0n) is 12.7. The standard InChI is InChI=1S/C17H12Cl3N3O2/c18-12-8-6-11(7-9-12)14(24)23-17(15(19)20)16(25)21-13(22-17)10-4-2-1-3-5-10/h1-9,15H,(H,23,24)(H,21,22,25)/t17-/m1/s1. The Kier molecular flexibility index (Phi) is 4.99. The summed E-state index contributed by atoms with van der Waals surface area (Å²) in [5.41, 5.74) is -0.841. The molecule has 8 heteroatoms. The van der Waals surface area contributed by atoms with Crippen molar-refractivity contribution in [1.82, 2.24) is 10.6 Å². The minimum atomic E-state index is -1.81. The van der Waals surface area contributed by atoms with Gasteiger partial charge in [-0.1, -0.05) is 65.1 Å². The molecule has 1 atom stereocenters. The van der Waals surface area contributed by atoms with Gasteiger partial charge in [-0.2, -0.15) is 0 Å². The van der Waals surface area contributed by atoms with E-state index in [9.17, 15) is 9.59 Å². The fourth-order valence-electron chi connectivity index (χ4n) is 2.32. The average Bonchev–Trinajstić information content (AvgIpc) is 2.94. The van der Waals surface area contributed by atoms with Crippen molar-refractivity contribution in [1.29, 1.82) is 0 Å². The van der Waals surface area contributed by atoms with Gasteiger partial charge >= 0.3 is 0 Å². The van der Waals surface area contributed by atoms with Crippen LogP contribution in [0.4, 0.5) is 0 Å². The van der Waals surface area contributed by atoms with E-state index in [2.05, 4.69) is 15.6 Å². The number of hydrogen-bond acceptors (Lipinski definition) is 3. The predicted molar refractivity (Wildman–Crippen MR) is 98.3 cm³/mol. The van der Waals surface area contributed by atoms with Crippen molar-refractivity contribution in [2.24, 2.45) is 4.99 Å². The number of benzene rings is 2. The molecular formula is C17H12Cl3N3O2. The van der Waals surface area contributed by atoms with Gasteiger partial charge in [-0.3, -0.25) is 9.59 Å². The quantitative estimate of drug-likeness (QED) is 0.779. The van der Waals surface area contributed by atoms with Crippen LogP contribution in [-0.2, 0) is 4.79 Å². The third-order valence-electron chi connectivity index (χ3n) is 3.64. The van der Waals surface area contributed by atoms with Gasteiger partial charge in [-0.05, 0) is 24.3 Å². The molecule has 2 N–H and O–H groups in total. The first-order valence-electron chi connectivity index (χ1n) is 7.25. The van der Waals surface area contributed by atoms with Crippen molar-refractivity contribution in [3.05, 3.63) is 70.7 Å². The lowest BCUT2D eigenvalue weighted by Gasteiger charge is -2.25. The molecule has 3 rings (SSSR count). The van der Waals surface area contributed by atoms with Crippen LogP contribution in [0, 0.1) is 0 Å². The average molecular weight is 397 g/mol. The summed E-state index contributed by atoms with van der Waals surface area (Å²) < 4.78 is 0. The lowest BCUT2D eigenvalue weighted by Crippen LogP contribution is -2.58. The van der Waals surface area contributed by atoms with Gasteiger partial charge in [0.05, 0.1) is 0 Å². The van der Waals surface area contributed by atoms with Gasteiger partial charge in [-0.15, -0.1) is 0 Å². The monoisotopic (exact) mass is 395 g/mol. The number of carbonyl (C=O) groups is 2. The van der Waals surface area contributed by atoms with E-state index in [0.29, 0.717) is 16.1 Å². The second kappa shape index (κ2) is 7.04. The highest BCUT2D eigenvalue weighted by Crippen LogP contribution is 2.28. The summed E-state index contributed by atoms with van der Waals surface area (Å²) in [5, 5.41) is 5.63. The van der Waals surface area contributed by atoms with E-state index in [1.54, 1.807) is 36.4 Å². The molecule has 0 bridgehead atoms. The van der Waals surface area contributed by atoms with Crippen molar-refractivity contribution in [3.63, 3.8) is 0 Å². The number of aliphatic imine (C=N–C) groups is 1. The first-order chi connectivity index (χ1) is 11.9. The lowest BCUT2D eigenvalue weighted by molar-refractivity contribution is -0.124. The van der Waals surface area contributed by atoms with E-state index >= 15 is 0 Å². The van der Waals surface area contributed by atoms with E-state index in [-0.39, 0.29) is 5.84 Å². The zero-order chi connectivity index (χ0) is 18.0. The SMILES string of the molecule is O=C(N[C@@]1(C(Cl)Cl)N=C(c2ccccc2)NC1=O)c1ccc(Cl)cc1. The van der Waals surface area contributed by atoms with Crippen LogP contribution in [0.25, 0.3) is 0 Å². The normalized spacial score (nSPS) is 19.5. The Labute approximate surface area is 159 Å². The largest absolute Gasteiger partial charge is 0.318 e. The van der Waals surface area contributed by atoms with Crippen LogP contribution in [0.2, 0.25) is 5.02 Å². The topological polar surface area (TPSA) is 70.6 Å². The van der Waals surface area contributed by atoms with Crippen molar-refractivity contribution in [3.8, 4) is 0 Å². The minimum Gasteiger partial charge on any atom is -0.318 e. The first-order valence-corrected chi connectivity index (χ1v) is 8.50. The second-order valence-electron chi connectivity index (χ2n) is 5.31. The highest BCUT2D eigenvalue weighted by molar-refractivity contribution is 6.47. The fraction of sp³-hybridized carbons (Fsp3) is 0.118. The maximum Gasteiger partial charge on any atom is 0.277 e. The molecule has 0 saturated heterocycles. The van der Waals surface area contributed by atoms with Crippen LogP contribution in [0.1, 0.15) is 15.9 Å². The van der Waals surface area contributed by atoms with E-state index in [1.165, 1.54) is 12.1 Å². The molecule has 0 aromatic heterocycles. The number of rotatable bonds is 4. The summed E-state index contributed by atoms with van der Waals surface area (Å²) in [5.74, 6) is -0.867. The lowest BCUT2D eigenvalue weighted by atomic mass is 10.1. The summed E-state index contributed by atoms with van der Waals surface area (Å²) >= 11 is 17.8. The molecule has 2 aromatic carbocycles. The number of amidine groups is 1. The van der Waals surface area contributed by atoms with Gasteiger partial charge in [0, 0.05) is 16.1 Å². The fourth-order valence-corrected chi connectivity index (χ4v) is 2.86. The van der Waals surface area contributed by atoms with Crippen molar-refractivity contribution in [2.75, 3.05) is 0 Å². The van der Waals surface area contributed by atoms with Gasteiger partial charge in [0.1, 0.15) is 5.84 Å². The molecule has 0 unspecified atom stereocenters. The predicted octanol–water partition coefficient (Wildman–Crippen LogP) is 3.15. The van der Waals surface area contributed by atoms with E-state index in [4.69, 9.17) is 34.8 Å². The molecule has 0 fully saturated rings. The molecule has 2 amide bonds. The van der Waals surface area contributed by atoms with Crippen LogP contribution in [0.5, 0.6) is 0 Å². The Morgan fingerprint density at radius 3 is 2.32 bits per heavy atom. The summed E-state index contributed by atoms with van der Waals surface area (Å²) in [6.07, 6.45) is 0. The molecule has 5 nitrogen and oxygen atoms in total. The Balaban J connectivity index is 1.94. The van der Waals surface area contributed by atoms with Crippen LogP contribution >= 0.6 is 34.8 Å². The molecule has 1 heterocycles. The highest BCUT2D eigenvalue weighted by Gasteiger charge is 2.50. The van der Waals surface area contributed by atoms with Crippen molar-refractivity contribution >= 4 is 52.5 Å². The smallest absolute Gasteiger partial charge is 0.277 e. The zero-order valence-corrected chi connectivity index (χ0v) is 14.9. The Hall–Kier alpha value is -2.08. The van der Waals surface area contributed by atoms with Gasteiger partial charge in [0.15, 0.2) is 4.84 Å². The van der Waals surface area contributed by atoms with Gasteiger partial charge < -0.3 is 10.6 Å². The Morgan fingerprint density at radius 2 is 1.72 bits per heavy atom. The Morgan fingerprint density at radius 1 is 1.08 bits per heavy atom. The van der Waals surface area contributed by atoms with Crippen LogP contribution in [0.15, 0.2) is 59.6 Å². The molecule has 0 radical (unpaired) electrons. The summed E-state index contributed by atoms with van der Waals surface area (Å²) in [6.45, 7) is 0. The second-order valence-corrected chi connectivity index (χ2v) is 6.84. The third-order valence-corrected chi connectivity index (χ3v) is 4.52. The molecule has 0 spiro atoms. The molecule has 25 heavy (non-hydrogen) atoms. The van der Waals surface area contributed by atoms with Crippen molar-refractivity contribution in [2.45, 2.75) is 10.5 Å². The van der Waals surface area contributed by atoms with Gasteiger partial charge in [0.25, 0.3) is 11.8 Å². The third kappa shape index (κ3) is 3.49. The van der Waals surface area contributed by atoms with E-state index < -0.39 is 22.3 Å². The number of nitrogens with one attached hydrogen (secondary N) is 2. The first kappa shape index (κ1) is 17.7. The van der Waals surface area contributed by atoms with E-state index in [1.807, 2.05) is 6.07 Å². The number of halogens is 3. The van der Waals surface area contributed by atoms with Gasteiger partial charge in [0.2, 0.25) is 5.66 Å². The van der Waals surface area contributed by atoms with Crippen LogP contribution in [-0.4, -0.2) is 28.1 Å². The number of amides is 2. The van der Waals surface area contributed by atoms with Crippen LogP contribution < -0.4 is 10.6 Å². The highest BCUT2D eigenvalue weighted by atomic mass is 35.5. The summed E-state index contributed by atoms with van der Waals surface area (Å²) in [4.78, 5) is 28.0. The maximum absolute atomic E-state index is 12.5. The maximum atomic E-state index is 12.5. The number of nitrogens with zero attached hydrogens (tertiary/aromatic N) is 1. The number of carbonyl (C=O) groups excluding carboxylic acids is 2. The molecule has 128 valence electrons. The molecule has 0 saturated carbocycles. The van der Waals surface area contributed by atoms with Gasteiger partial charge in [-0.25, -0.2) is 4.99 Å². The molecule has 1 aliphatic rings. The summed E-state index contributed by atoms with van der Waals surface area (Å²) in [7, 11) is 0. The van der Waals surface area contributed by atoms with E-state index in [0.717, 1.165) is 0 Å². The Bertz CT molecular complexity index is 838. The number of hydrogen-bond donors (Lipinski definition) is 2. The molecule has 2 aromatic rings. The summed E-state index contributed by atoms with van der Waals surface area (Å²) in [6, 6.07) is 15.2. The molecule has 0 aliphatic carbocycles. The minimum absolute atomic E-state index is 0.285. The molecule has 1 aliphatic heterocycles. The van der Waals surface area contributed by atoms with Crippen LogP contribution in [0.3, 0.4) is 0 Å².